The third kappa shape index (κ3) is 4.72. The van der Waals surface area contributed by atoms with Crippen molar-refractivity contribution in [3.8, 4) is 0 Å². The molecule has 1 aromatic carbocycles. The number of hydrogen-bond acceptors (Lipinski definition) is 6. The summed E-state index contributed by atoms with van der Waals surface area (Å²) in [5, 5.41) is 13.4. The lowest BCUT2D eigenvalue weighted by Gasteiger charge is -2.14. The van der Waals surface area contributed by atoms with Crippen molar-refractivity contribution in [1.82, 2.24) is 15.5 Å². The number of ether oxygens (including phenoxy) is 1. The Labute approximate surface area is 170 Å². The molecule has 2 heterocycles. The molecular weight excluding hydrogens is 392 g/mol. The summed E-state index contributed by atoms with van der Waals surface area (Å²) in [7, 11) is -3.01. The summed E-state index contributed by atoms with van der Waals surface area (Å²) in [5.74, 6) is 1.16. The molecule has 1 amide bonds. The van der Waals surface area contributed by atoms with Crippen LogP contribution in [0.2, 0.25) is 0 Å². The molecule has 1 fully saturated rings. The number of anilines is 2. The molecule has 1 aliphatic carbocycles. The van der Waals surface area contributed by atoms with Gasteiger partial charge in [0.2, 0.25) is 0 Å². The summed E-state index contributed by atoms with van der Waals surface area (Å²) < 4.78 is 29.0. The maximum absolute atomic E-state index is 11.8. The summed E-state index contributed by atoms with van der Waals surface area (Å²) >= 11 is 0. The predicted molar refractivity (Wildman–Crippen MR) is 110 cm³/mol. The first-order valence-electron chi connectivity index (χ1n) is 9.89. The molecule has 2 atom stereocenters. The zero-order valence-electron chi connectivity index (χ0n) is 16.6. The van der Waals surface area contributed by atoms with Crippen molar-refractivity contribution in [2.75, 3.05) is 5.32 Å². The number of alkyl carbamates (subject to hydrolysis) is 1. The van der Waals surface area contributed by atoms with E-state index in [1.54, 1.807) is 0 Å². The Kier molecular flexibility index (Phi) is 5.24. The molecule has 2 aliphatic rings. The van der Waals surface area contributed by atoms with Gasteiger partial charge in [-0.1, -0.05) is 6.07 Å². The lowest BCUT2D eigenvalue weighted by Crippen LogP contribution is -2.33. The number of aromatic nitrogens is 2. The number of aromatic amines is 1. The average molecular weight is 419 g/mol. The van der Waals surface area contributed by atoms with E-state index < -0.39 is 9.84 Å². The van der Waals surface area contributed by atoms with Gasteiger partial charge in [-0.25, -0.2) is 13.2 Å². The number of amides is 1. The van der Waals surface area contributed by atoms with Gasteiger partial charge in [0, 0.05) is 29.4 Å². The van der Waals surface area contributed by atoms with Crippen LogP contribution >= 0.6 is 0 Å². The van der Waals surface area contributed by atoms with Crippen molar-refractivity contribution in [2.24, 2.45) is 0 Å². The highest BCUT2D eigenvalue weighted by Crippen LogP contribution is 2.36. The van der Waals surface area contributed by atoms with Gasteiger partial charge in [0.15, 0.2) is 15.7 Å². The maximum Gasteiger partial charge on any atom is 0.407 e. The average Bonchev–Trinajstić information content (AvgIpc) is 3.31. The normalized spacial score (nSPS) is 22.4. The molecule has 0 spiro atoms. The molecule has 29 heavy (non-hydrogen) atoms. The topological polar surface area (TPSA) is 113 Å². The van der Waals surface area contributed by atoms with E-state index in [0.29, 0.717) is 5.82 Å². The number of carbonyl (C=O) groups is 1. The zero-order valence-corrected chi connectivity index (χ0v) is 17.4. The van der Waals surface area contributed by atoms with Crippen molar-refractivity contribution < 1.29 is 17.9 Å². The van der Waals surface area contributed by atoms with Crippen LogP contribution in [0.4, 0.5) is 16.3 Å². The molecular formula is C20H26N4O4S. The van der Waals surface area contributed by atoms with Crippen molar-refractivity contribution in [3.05, 3.63) is 41.1 Å². The summed E-state index contributed by atoms with van der Waals surface area (Å²) in [5.41, 5.74) is 3.54. The van der Waals surface area contributed by atoms with E-state index in [1.165, 1.54) is 0 Å². The third-order valence-corrected chi connectivity index (χ3v) is 6.83. The van der Waals surface area contributed by atoms with Crippen LogP contribution in [0.15, 0.2) is 24.3 Å². The van der Waals surface area contributed by atoms with Crippen LogP contribution in [0.25, 0.3) is 0 Å². The van der Waals surface area contributed by atoms with Gasteiger partial charge in [-0.3, -0.25) is 5.10 Å². The second-order valence-corrected chi connectivity index (χ2v) is 10.3. The molecule has 8 nitrogen and oxygen atoms in total. The second-order valence-electron chi connectivity index (χ2n) is 8.19. The smallest absolute Gasteiger partial charge is 0.407 e. The molecule has 9 heteroatoms. The molecule has 0 saturated heterocycles. The molecule has 3 N–H and O–H groups in total. The Morgan fingerprint density at radius 3 is 2.79 bits per heavy atom. The van der Waals surface area contributed by atoms with Gasteiger partial charge >= 0.3 is 6.09 Å². The van der Waals surface area contributed by atoms with Gasteiger partial charge in [0.25, 0.3) is 0 Å². The fourth-order valence-corrected chi connectivity index (χ4v) is 5.61. The highest BCUT2D eigenvalue weighted by Gasteiger charge is 2.30. The predicted octanol–water partition coefficient (Wildman–Crippen LogP) is 3.35. The molecule has 1 saturated carbocycles. The van der Waals surface area contributed by atoms with Crippen molar-refractivity contribution >= 4 is 27.4 Å². The largest absolute Gasteiger partial charge is 0.446 e. The first-order valence-corrected chi connectivity index (χ1v) is 11.7. The highest BCUT2D eigenvalue weighted by atomic mass is 32.2. The van der Waals surface area contributed by atoms with E-state index in [4.69, 9.17) is 4.74 Å². The summed E-state index contributed by atoms with van der Waals surface area (Å²) in [6, 6.07) is 7.63. The Morgan fingerprint density at radius 2 is 2.00 bits per heavy atom. The van der Waals surface area contributed by atoms with E-state index in [0.717, 1.165) is 41.8 Å². The molecule has 1 aliphatic heterocycles. The molecule has 4 rings (SSSR count). The molecule has 2 unspecified atom stereocenters. The van der Waals surface area contributed by atoms with Crippen LogP contribution < -0.4 is 10.6 Å². The van der Waals surface area contributed by atoms with E-state index in [-0.39, 0.29) is 35.7 Å². The van der Waals surface area contributed by atoms with Gasteiger partial charge in [-0.05, 0) is 56.4 Å². The van der Waals surface area contributed by atoms with E-state index in [2.05, 4.69) is 20.8 Å². The van der Waals surface area contributed by atoms with Crippen LogP contribution in [0.1, 0.15) is 55.8 Å². The number of rotatable bonds is 5. The molecule has 0 radical (unpaired) electrons. The van der Waals surface area contributed by atoms with Crippen LogP contribution in [0.3, 0.4) is 0 Å². The van der Waals surface area contributed by atoms with Gasteiger partial charge in [0.05, 0.1) is 11.5 Å². The standard InChI is InChI=1S/C20H26N4O4S/c1-12(2)21-20(25)28-17-6-4-13(8-17)18-9-19(24-23-18)22-16-5-3-14-10-29(26,27)11-15(14)7-16/h3,5,7,9,12-13,17H,4,6,8,10-11H2,1-2H3,(H,21,25)(H2,22,23,24). The van der Waals surface area contributed by atoms with Crippen molar-refractivity contribution in [2.45, 2.75) is 62.7 Å². The number of carbonyl (C=O) groups excluding carboxylic acids is 1. The van der Waals surface area contributed by atoms with E-state index in [1.807, 2.05) is 38.1 Å². The Bertz CT molecular complexity index is 1020. The summed E-state index contributed by atoms with van der Waals surface area (Å²) in [6.45, 7) is 3.80. The minimum Gasteiger partial charge on any atom is -0.446 e. The second kappa shape index (κ2) is 7.70. The molecule has 156 valence electrons. The number of sulfone groups is 1. The number of nitrogens with one attached hydrogen (secondary N) is 3. The molecule has 1 aromatic heterocycles. The van der Waals surface area contributed by atoms with Gasteiger partial charge < -0.3 is 15.4 Å². The number of hydrogen-bond donors (Lipinski definition) is 3. The minimum absolute atomic E-state index is 0.0558. The van der Waals surface area contributed by atoms with Crippen LogP contribution in [-0.2, 0) is 26.1 Å². The monoisotopic (exact) mass is 418 g/mol. The highest BCUT2D eigenvalue weighted by molar-refractivity contribution is 7.90. The number of fused-ring (bicyclic) bond motifs is 1. The lowest BCUT2D eigenvalue weighted by molar-refractivity contribution is 0.0981. The van der Waals surface area contributed by atoms with Gasteiger partial charge in [-0.2, -0.15) is 5.10 Å². The Morgan fingerprint density at radius 1 is 1.21 bits per heavy atom. The molecule has 2 aromatic rings. The fraction of sp³-hybridized carbons (Fsp3) is 0.500. The van der Waals surface area contributed by atoms with Crippen molar-refractivity contribution in [3.63, 3.8) is 0 Å². The SMILES string of the molecule is CC(C)NC(=O)OC1CCC(c2cc(Nc3ccc4c(c3)CS(=O)(=O)C4)n[nH]2)C1. The lowest BCUT2D eigenvalue weighted by atomic mass is 10.0. The number of benzene rings is 1. The fourth-order valence-electron chi connectivity index (χ4n) is 4.01. The Balaban J connectivity index is 1.36. The van der Waals surface area contributed by atoms with E-state index >= 15 is 0 Å². The summed E-state index contributed by atoms with van der Waals surface area (Å²) in [4.78, 5) is 11.8. The van der Waals surface area contributed by atoms with Crippen LogP contribution in [0.5, 0.6) is 0 Å². The minimum atomic E-state index is -3.01. The Hall–Kier alpha value is -2.55. The summed E-state index contributed by atoms with van der Waals surface area (Å²) in [6.07, 6.45) is 2.08. The number of nitrogens with zero attached hydrogens (tertiary/aromatic N) is 1. The first-order chi connectivity index (χ1) is 13.8. The van der Waals surface area contributed by atoms with Gasteiger partial charge in [0.1, 0.15) is 6.10 Å². The van der Waals surface area contributed by atoms with Crippen LogP contribution in [-0.4, -0.2) is 36.9 Å². The first kappa shape index (κ1) is 19.8. The quantitative estimate of drug-likeness (QED) is 0.686. The number of H-pyrrole nitrogens is 1. The van der Waals surface area contributed by atoms with E-state index in [9.17, 15) is 13.2 Å². The van der Waals surface area contributed by atoms with Crippen LogP contribution in [0, 0.1) is 0 Å². The van der Waals surface area contributed by atoms with Gasteiger partial charge in [-0.15, -0.1) is 0 Å². The van der Waals surface area contributed by atoms with Crippen molar-refractivity contribution in [1.29, 1.82) is 0 Å². The maximum atomic E-state index is 11.8. The zero-order chi connectivity index (χ0) is 20.6. The third-order valence-electron chi connectivity index (χ3n) is 5.33. The molecule has 0 bridgehead atoms.